The van der Waals surface area contributed by atoms with Crippen molar-refractivity contribution >= 4 is 5.78 Å². The molecule has 4 bridgehead atoms. The third-order valence-electron chi connectivity index (χ3n) is 5.47. The summed E-state index contributed by atoms with van der Waals surface area (Å²) in [5.74, 6) is 2.76. The smallest absolute Gasteiger partial charge is 0.136 e. The number of hydrogen-bond donors (Lipinski definition) is 0. The zero-order valence-electron chi connectivity index (χ0n) is 12.4. The van der Waals surface area contributed by atoms with Crippen LogP contribution in [0.15, 0.2) is 11.8 Å². The van der Waals surface area contributed by atoms with Gasteiger partial charge < -0.3 is 4.90 Å². The van der Waals surface area contributed by atoms with Gasteiger partial charge >= 0.3 is 0 Å². The molecule has 0 aromatic heterocycles. The molecule has 3 rings (SSSR count). The Bertz CT molecular complexity index is 387. The summed E-state index contributed by atoms with van der Waals surface area (Å²) in [6.07, 6.45) is 9.45. The van der Waals surface area contributed by atoms with Crippen LogP contribution in [0.4, 0.5) is 0 Å². The number of carbonyl (C=O) groups is 1. The van der Waals surface area contributed by atoms with Crippen molar-refractivity contribution in [1.29, 1.82) is 0 Å². The summed E-state index contributed by atoms with van der Waals surface area (Å²) < 4.78 is 0. The second-order valence-corrected chi connectivity index (χ2v) is 7.01. The van der Waals surface area contributed by atoms with Crippen molar-refractivity contribution in [3.63, 3.8) is 0 Å². The van der Waals surface area contributed by atoms with Crippen LogP contribution in [-0.2, 0) is 4.79 Å². The SMILES string of the molecule is C[C@@H]1CCCN2CCCC3C2=C[C@H](C)C[C@H]3CC1=O. The number of Topliss-reactive ketones (excluding diaryl/α,β-unsaturated/α-hetero) is 1. The lowest BCUT2D eigenvalue weighted by molar-refractivity contribution is -0.124. The molecule has 2 heteroatoms. The molecule has 2 saturated heterocycles. The predicted octanol–water partition coefficient (Wildman–Crippen LogP) is 3.63. The Morgan fingerprint density at radius 2 is 1.89 bits per heavy atom. The van der Waals surface area contributed by atoms with E-state index in [4.69, 9.17) is 0 Å². The molecule has 1 aliphatic carbocycles. The first kappa shape index (κ1) is 13.2. The molecule has 0 saturated carbocycles. The van der Waals surface area contributed by atoms with Gasteiger partial charge in [0.1, 0.15) is 5.78 Å². The lowest BCUT2D eigenvalue weighted by Gasteiger charge is -2.45. The van der Waals surface area contributed by atoms with Crippen molar-refractivity contribution in [1.82, 2.24) is 4.90 Å². The fourth-order valence-corrected chi connectivity index (χ4v) is 4.40. The Kier molecular flexibility index (Phi) is 3.68. The van der Waals surface area contributed by atoms with Gasteiger partial charge in [0.25, 0.3) is 0 Å². The molecular formula is C17H27NO. The number of ketones is 1. The van der Waals surface area contributed by atoms with Crippen molar-refractivity contribution in [3.8, 4) is 0 Å². The van der Waals surface area contributed by atoms with Crippen LogP contribution in [0.1, 0.15) is 52.4 Å². The summed E-state index contributed by atoms with van der Waals surface area (Å²) in [6, 6.07) is 0. The highest BCUT2D eigenvalue weighted by atomic mass is 16.1. The van der Waals surface area contributed by atoms with E-state index in [1.807, 2.05) is 0 Å². The fourth-order valence-electron chi connectivity index (χ4n) is 4.40. The normalized spacial score (nSPS) is 39.8. The van der Waals surface area contributed by atoms with Gasteiger partial charge in [-0.15, -0.1) is 0 Å². The molecule has 0 spiro atoms. The third kappa shape index (κ3) is 2.59. The first-order valence-electron chi connectivity index (χ1n) is 8.14. The summed E-state index contributed by atoms with van der Waals surface area (Å²) in [5.41, 5.74) is 1.59. The van der Waals surface area contributed by atoms with E-state index in [2.05, 4.69) is 24.8 Å². The topological polar surface area (TPSA) is 20.3 Å². The van der Waals surface area contributed by atoms with E-state index in [9.17, 15) is 4.79 Å². The Hall–Kier alpha value is -0.790. The molecule has 0 aromatic carbocycles. The van der Waals surface area contributed by atoms with E-state index in [0.717, 1.165) is 12.8 Å². The van der Waals surface area contributed by atoms with Gasteiger partial charge in [0.05, 0.1) is 0 Å². The van der Waals surface area contributed by atoms with E-state index in [0.29, 0.717) is 23.5 Å². The number of allylic oxidation sites excluding steroid dienone is 2. The number of nitrogens with zero attached hydrogens (tertiary/aromatic N) is 1. The highest BCUT2D eigenvalue weighted by Crippen LogP contribution is 2.43. The second-order valence-electron chi connectivity index (χ2n) is 7.01. The molecule has 3 aliphatic rings. The number of hydrogen-bond acceptors (Lipinski definition) is 2. The molecule has 4 atom stereocenters. The molecule has 0 aromatic rings. The van der Waals surface area contributed by atoms with Crippen LogP contribution in [-0.4, -0.2) is 23.8 Å². The van der Waals surface area contributed by atoms with E-state index in [-0.39, 0.29) is 5.92 Å². The maximum absolute atomic E-state index is 12.4. The number of carbonyl (C=O) groups excluding carboxylic acids is 1. The standard InChI is InChI=1S/C17H27NO/c1-12-9-14-11-17(19)13(2)5-3-7-18-8-4-6-15(14)16(18)10-12/h10,12-15H,3-9,11H2,1-2H3/t12-,13-,14+,15?/m1/s1. The van der Waals surface area contributed by atoms with Crippen LogP contribution in [0.3, 0.4) is 0 Å². The summed E-state index contributed by atoms with van der Waals surface area (Å²) in [7, 11) is 0. The van der Waals surface area contributed by atoms with Crippen LogP contribution in [0.2, 0.25) is 0 Å². The number of rotatable bonds is 0. The zero-order valence-corrected chi connectivity index (χ0v) is 12.4. The van der Waals surface area contributed by atoms with Gasteiger partial charge in [0, 0.05) is 37.0 Å². The minimum atomic E-state index is 0.282. The van der Waals surface area contributed by atoms with Gasteiger partial charge in [0.15, 0.2) is 0 Å². The molecule has 0 radical (unpaired) electrons. The van der Waals surface area contributed by atoms with Crippen LogP contribution in [0.25, 0.3) is 0 Å². The Balaban J connectivity index is 1.90. The van der Waals surface area contributed by atoms with E-state index in [1.165, 1.54) is 38.8 Å². The average Bonchev–Trinajstić information content (AvgIpc) is 2.37. The maximum atomic E-state index is 12.4. The molecule has 1 unspecified atom stereocenters. The van der Waals surface area contributed by atoms with Crippen molar-refractivity contribution in [2.45, 2.75) is 52.4 Å². The van der Waals surface area contributed by atoms with Crippen molar-refractivity contribution in [2.75, 3.05) is 13.1 Å². The largest absolute Gasteiger partial charge is 0.375 e. The highest BCUT2D eigenvalue weighted by molar-refractivity contribution is 5.81. The summed E-state index contributed by atoms with van der Waals surface area (Å²) in [5, 5.41) is 0. The molecule has 2 fully saturated rings. The highest BCUT2D eigenvalue weighted by Gasteiger charge is 2.37. The summed E-state index contributed by atoms with van der Waals surface area (Å²) in [4.78, 5) is 15.0. The molecular weight excluding hydrogens is 234 g/mol. The minimum absolute atomic E-state index is 0.282. The van der Waals surface area contributed by atoms with Crippen molar-refractivity contribution in [3.05, 3.63) is 11.8 Å². The van der Waals surface area contributed by atoms with Gasteiger partial charge in [-0.1, -0.05) is 19.9 Å². The fraction of sp³-hybridized carbons (Fsp3) is 0.824. The lowest BCUT2D eigenvalue weighted by Crippen LogP contribution is -2.41. The first-order valence-corrected chi connectivity index (χ1v) is 8.14. The van der Waals surface area contributed by atoms with E-state index < -0.39 is 0 Å². The predicted molar refractivity (Wildman–Crippen MR) is 77.7 cm³/mol. The van der Waals surface area contributed by atoms with Gasteiger partial charge in [-0.05, 0) is 43.9 Å². The quantitative estimate of drug-likeness (QED) is 0.663. The Morgan fingerprint density at radius 1 is 1.16 bits per heavy atom. The molecule has 0 N–H and O–H groups in total. The summed E-state index contributed by atoms with van der Waals surface area (Å²) in [6.45, 7) is 6.87. The summed E-state index contributed by atoms with van der Waals surface area (Å²) >= 11 is 0. The van der Waals surface area contributed by atoms with Crippen LogP contribution >= 0.6 is 0 Å². The molecule has 106 valence electrons. The van der Waals surface area contributed by atoms with Gasteiger partial charge in [-0.2, -0.15) is 0 Å². The van der Waals surface area contributed by atoms with Crippen molar-refractivity contribution in [2.24, 2.45) is 23.7 Å². The van der Waals surface area contributed by atoms with Crippen LogP contribution in [0.5, 0.6) is 0 Å². The first-order chi connectivity index (χ1) is 9.15. The average molecular weight is 261 g/mol. The van der Waals surface area contributed by atoms with Gasteiger partial charge in [-0.25, -0.2) is 0 Å². The molecule has 2 aliphatic heterocycles. The maximum Gasteiger partial charge on any atom is 0.136 e. The van der Waals surface area contributed by atoms with E-state index >= 15 is 0 Å². The van der Waals surface area contributed by atoms with Crippen molar-refractivity contribution < 1.29 is 4.79 Å². The second kappa shape index (κ2) is 5.30. The van der Waals surface area contributed by atoms with Crippen LogP contribution < -0.4 is 0 Å². The number of piperidine rings is 1. The lowest BCUT2D eigenvalue weighted by atomic mass is 9.70. The van der Waals surface area contributed by atoms with E-state index in [1.54, 1.807) is 5.70 Å². The van der Waals surface area contributed by atoms with Crippen LogP contribution in [0, 0.1) is 23.7 Å². The zero-order chi connectivity index (χ0) is 13.4. The Morgan fingerprint density at radius 3 is 2.68 bits per heavy atom. The molecule has 2 nitrogen and oxygen atoms in total. The monoisotopic (exact) mass is 261 g/mol. The Labute approximate surface area is 117 Å². The minimum Gasteiger partial charge on any atom is -0.375 e. The molecule has 2 heterocycles. The third-order valence-corrected chi connectivity index (χ3v) is 5.47. The molecule has 19 heavy (non-hydrogen) atoms. The van der Waals surface area contributed by atoms with Gasteiger partial charge in [-0.3, -0.25) is 4.79 Å². The molecule has 0 amide bonds. The van der Waals surface area contributed by atoms with Gasteiger partial charge in [0.2, 0.25) is 0 Å².